The van der Waals surface area contributed by atoms with Crippen LogP contribution in [0.3, 0.4) is 0 Å². The van der Waals surface area contributed by atoms with E-state index >= 15 is 0 Å². The second kappa shape index (κ2) is 11.4. The first-order valence-electron chi connectivity index (χ1n) is 13.3. The lowest BCUT2D eigenvalue weighted by atomic mass is 9.83. The van der Waals surface area contributed by atoms with Gasteiger partial charge >= 0.3 is 5.97 Å². The van der Waals surface area contributed by atoms with Crippen molar-refractivity contribution >= 4 is 11.7 Å². The van der Waals surface area contributed by atoms with E-state index in [1.807, 2.05) is 38.1 Å². The molecule has 4 rings (SSSR count). The highest BCUT2D eigenvalue weighted by molar-refractivity contribution is 5.90. The van der Waals surface area contributed by atoms with Gasteiger partial charge < -0.3 is 19.5 Å². The molecule has 0 radical (unpaired) electrons. The standard InChI is InChI=1S/C32H39NO4/c1-22(2)37-31(35)24-10-8-23(9-11-24)25-13-15-30(36-19-18-34)27(20-25)26-12-14-29(33-16-6-7-17-33)28(21-26)32(3,4)5/h8-15,20-22,34H,6-7,16-19H2,1-5H3. The maximum Gasteiger partial charge on any atom is 0.338 e. The van der Waals surface area contributed by atoms with Gasteiger partial charge in [-0.15, -0.1) is 0 Å². The van der Waals surface area contributed by atoms with Crippen molar-refractivity contribution in [1.29, 1.82) is 0 Å². The molecule has 5 heteroatoms. The summed E-state index contributed by atoms with van der Waals surface area (Å²) in [5, 5.41) is 9.39. The molecule has 0 aliphatic carbocycles. The third kappa shape index (κ3) is 6.34. The van der Waals surface area contributed by atoms with Gasteiger partial charge in [0.2, 0.25) is 0 Å². The molecule has 0 amide bonds. The van der Waals surface area contributed by atoms with Crippen LogP contribution in [0.25, 0.3) is 22.3 Å². The van der Waals surface area contributed by atoms with E-state index in [1.165, 1.54) is 24.1 Å². The number of aliphatic hydroxyl groups excluding tert-OH is 1. The maximum absolute atomic E-state index is 12.3. The first kappa shape index (κ1) is 26.7. The topological polar surface area (TPSA) is 59.0 Å². The molecule has 0 bridgehead atoms. The number of carbonyl (C=O) groups excluding carboxylic acids is 1. The van der Waals surface area contributed by atoms with Gasteiger partial charge in [0.15, 0.2) is 0 Å². The average molecular weight is 502 g/mol. The summed E-state index contributed by atoms with van der Waals surface area (Å²) in [6.45, 7) is 12.9. The van der Waals surface area contributed by atoms with Gasteiger partial charge in [0.05, 0.1) is 18.3 Å². The van der Waals surface area contributed by atoms with Gasteiger partial charge in [-0.2, -0.15) is 0 Å². The summed E-state index contributed by atoms with van der Waals surface area (Å²) in [4.78, 5) is 14.8. The van der Waals surface area contributed by atoms with Crippen molar-refractivity contribution in [3.63, 3.8) is 0 Å². The molecule has 37 heavy (non-hydrogen) atoms. The van der Waals surface area contributed by atoms with Gasteiger partial charge in [-0.25, -0.2) is 4.79 Å². The molecule has 1 heterocycles. The quantitative estimate of drug-likeness (QED) is 0.342. The predicted octanol–water partition coefficient (Wildman–Crippen LogP) is 6.85. The molecule has 3 aromatic carbocycles. The molecule has 1 saturated heterocycles. The Kier molecular flexibility index (Phi) is 8.23. The van der Waals surface area contributed by atoms with Gasteiger partial charge in [-0.05, 0) is 90.8 Å². The minimum absolute atomic E-state index is 0.0158. The summed E-state index contributed by atoms with van der Waals surface area (Å²) in [6.07, 6.45) is 2.32. The number of ether oxygens (including phenoxy) is 2. The van der Waals surface area contributed by atoms with Gasteiger partial charge in [0.1, 0.15) is 12.4 Å². The molecule has 0 saturated carbocycles. The number of carbonyl (C=O) groups is 1. The Balaban J connectivity index is 1.74. The zero-order valence-electron chi connectivity index (χ0n) is 22.7. The normalized spacial score (nSPS) is 13.8. The highest BCUT2D eigenvalue weighted by Gasteiger charge is 2.24. The number of hydrogen-bond acceptors (Lipinski definition) is 5. The first-order valence-corrected chi connectivity index (χ1v) is 13.3. The first-order chi connectivity index (χ1) is 17.7. The molecular formula is C32H39NO4. The third-order valence-corrected chi connectivity index (χ3v) is 6.69. The van der Waals surface area contributed by atoms with Crippen LogP contribution in [0.1, 0.15) is 63.4 Å². The van der Waals surface area contributed by atoms with Gasteiger partial charge in [-0.1, -0.05) is 45.0 Å². The number of rotatable bonds is 8. The lowest BCUT2D eigenvalue weighted by Gasteiger charge is -2.29. The van der Waals surface area contributed by atoms with Crippen LogP contribution in [0, 0.1) is 0 Å². The van der Waals surface area contributed by atoms with Crippen LogP contribution in [0.2, 0.25) is 0 Å². The predicted molar refractivity (Wildman–Crippen MR) is 151 cm³/mol. The summed E-state index contributed by atoms with van der Waals surface area (Å²) in [5.41, 5.74) is 7.24. The van der Waals surface area contributed by atoms with Crippen LogP contribution < -0.4 is 9.64 Å². The van der Waals surface area contributed by atoms with E-state index in [2.05, 4.69) is 49.9 Å². The molecular weight excluding hydrogens is 462 g/mol. The number of hydrogen-bond donors (Lipinski definition) is 1. The minimum atomic E-state index is -0.317. The number of benzene rings is 3. The summed E-state index contributed by atoms with van der Waals surface area (Å²) >= 11 is 0. The van der Waals surface area contributed by atoms with Gasteiger partial charge in [-0.3, -0.25) is 0 Å². The highest BCUT2D eigenvalue weighted by Crippen LogP contribution is 2.40. The molecule has 3 aromatic rings. The highest BCUT2D eigenvalue weighted by atomic mass is 16.5. The zero-order valence-corrected chi connectivity index (χ0v) is 22.7. The fourth-order valence-corrected chi connectivity index (χ4v) is 4.84. The Morgan fingerprint density at radius 3 is 2.19 bits per heavy atom. The summed E-state index contributed by atoms with van der Waals surface area (Å²) in [7, 11) is 0. The van der Waals surface area contributed by atoms with Crippen LogP contribution in [0.4, 0.5) is 5.69 Å². The van der Waals surface area contributed by atoms with Gasteiger partial charge in [0, 0.05) is 24.3 Å². The average Bonchev–Trinajstić information content (AvgIpc) is 3.41. The molecule has 1 N–H and O–H groups in total. The molecule has 0 aromatic heterocycles. The van der Waals surface area contributed by atoms with Crippen LogP contribution >= 0.6 is 0 Å². The molecule has 1 fully saturated rings. The van der Waals surface area contributed by atoms with Crippen LogP contribution in [-0.4, -0.2) is 43.5 Å². The van der Waals surface area contributed by atoms with Crippen molar-refractivity contribution in [1.82, 2.24) is 0 Å². The molecule has 0 atom stereocenters. The maximum atomic E-state index is 12.3. The Morgan fingerprint density at radius 2 is 1.57 bits per heavy atom. The van der Waals surface area contributed by atoms with E-state index in [0.29, 0.717) is 5.56 Å². The lowest BCUT2D eigenvalue weighted by Crippen LogP contribution is -2.23. The lowest BCUT2D eigenvalue weighted by molar-refractivity contribution is 0.0378. The van der Waals surface area contributed by atoms with E-state index < -0.39 is 0 Å². The molecule has 5 nitrogen and oxygen atoms in total. The van der Waals surface area contributed by atoms with Crippen molar-refractivity contribution < 1.29 is 19.4 Å². The van der Waals surface area contributed by atoms with Crippen LogP contribution in [-0.2, 0) is 10.2 Å². The van der Waals surface area contributed by atoms with Crippen molar-refractivity contribution in [3.8, 4) is 28.0 Å². The molecule has 0 unspecified atom stereocenters. The molecule has 196 valence electrons. The largest absolute Gasteiger partial charge is 0.491 e. The van der Waals surface area contributed by atoms with Crippen molar-refractivity contribution in [3.05, 3.63) is 71.8 Å². The third-order valence-electron chi connectivity index (χ3n) is 6.69. The monoisotopic (exact) mass is 501 g/mol. The van der Waals surface area contributed by atoms with E-state index in [1.54, 1.807) is 12.1 Å². The number of nitrogens with zero attached hydrogens (tertiary/aromatic N) is 1. The Hall–Kier alpha value is -3.31. The van der Waals surface area contributed by atoms with Crippen LogP contribution in [0.5, 0.6) is 5.75 Å². The van der Waals surface area contributed by atoms with Crippen molar-refractivity contribution in [2.45, 2.75) is 59.0 Å². The van der Waals surface area contributed by atoms with E-state index in [0.717, 1.165) is 41.1 Å². The number of esters is 1. The smallest absolute Gasteiger partial charge is 0.338 e. The van der Waals surface area contributed by atoms with Crippen LogP contribution in [0.15, 0.2) is 60.7 Å². The second-order valence-electron chi connectivity index (χ2n) is 11.0. The fourth-order valence-electron chi connectivity index (χ4n) is 4.84. The summed E-state index contributed by atoms with van der Waals surface area (Å²) in [5.74, 6) is 0.423. The van der Waals surface area contributed by atoms with E-state index in [-0.39, 0.29) is 30.7 Å². The van der Waals surface area contributed by atoms with Crippen molar-refractivity contribution in [2.75, 3.05) is 31.2 Å². The Labute approximate surface area is 221 Å². The Morgan fingerprint density at radius 1 is 0.919 bits per heavy atom. The SMILES string of the molecule is CC(C)OC(=O)c1ccc(-c2ccc(OCCO)c(-c3ccc(N4CCCC4)c(C(C)(C)C)c3)c2)cc1. The number of anilines is 1. The Bertz CT molecular complexity index is 1220. The van der Waals surface area contributed by atoms with E-state index in [4.69, 9.17) is 9.47 Å². The molecule has 1 aliphatic rings. The second-order valence-corrected chi connectivity index (χ2v) is 11.0. The molecule has 0 spiro atoms. The van der Waals surface area contributed by atoms with E-state index in [9.17, 15) is 9.90 Å². The van der Waals surface area contributed by atoms with Gasteiger partial charge in [0.25, 0.3) is 0 Å². The van der Waals surface area contributed by atoms with Crippen molar-refractivity contribution in [2.24, 2.45) is 0 Å². The molecule has 1 aliphatic heterocycles. The fraction of sp³-hybridized carbons (Fsp3) is 0.406. The number of aliphatic hydroxyl groups is 1. The summed E-state index contributed by atoms with van der Waals surface area (Å²) in [6, 6.07) is 20.3. The zero-order chi connectivity index (χ0) is 26.6. The summed E-state index contributed by atoms with van der Waals surface area (Å²) < 4.78 is 11.3. The minimum Gasteiger partial charge on any atom is -0.491 e.